The lowest BCUT2D eigenvalue weighted by Gasteiger charge is -2.19. The molecule has 2 aromatic rings. The Bertz CT molecular complexity index is 907. The fraction of sp³-hybridized carbons (Fsp3) is 0.435. The van der Waals surface area contributed by atoms with Gasteiger partial charge in [0.1, 0.15) is 0 Å². The van der Waals surface area contributed by atoms with Crippen LogP contribution < -0.4 is 25.0 Å². The van der Waals surface area contributed by atoms with Gasteiger partial charge in [-0.2, -0.15) is 0 Å². The second-order valence-corrected chi connectivity index (χ2v) is 7.46. The molecule has 1 aliphatic rings. The average molecular weight is 433 g/mol. The van der Waals surface area contributed by atoms with Crippen LogP contribution in [0.2, 0.25) is 0 Å². The largest absolute Gasteiger partial charge is 0.493 e. The molecule has 0 spiro atoms. The van der Waals surface area contributed by atoms with E-state index < -0.39 is 11.6 Å². The molecule has 0 aliphatic carbocycles. The van der Waals surface area contributed by atoms with Gasteiger partial charge in [-0.3, -0.25) is 0 Å². The Balaban J connectivity index is 1.56. The van der Waals surface area contributed by atoms with Gasteiger partial charge in [0.2, 0.25) is 0 Å². The highest BCUT2D eigenvalue weighted by Gasteiger charge is 2.23. The number of halogens is 2. The van der Waals surface area contributed by atoms with Crippen molar-refractivity contribution in [1.29, 1.82) is 0 Å². The lowest BCUT2D eigenvalue weighted by atomic mass is 10.1. The van der Waals surface area contributed by atoms with Crippen molar-refractivity contribution in [3.8, 4) is 11.5 Å². The van der Waals surface area contributed by atoms with Crippen LogP contribution >= 0.6 is 0 Å². The van der Waals surface area contributed by atoms with Crippen molar-refractivity contribution in [2.24, 2.45) is 10.9 Å². The maximum atomic E-state index is 13.5. The summed E-state index contributed by atoms with van der Waals surface area (Å²) in [5.74, 6) is 0.864. The molecule has 0 radical (unpaired) electrons. The minimum absolute atomic E-state index is 0.387. The molecule has 8 heteroatoms. The van der Waals surface area contributed by atoms with Crippen molar-refractivity contribution >= 4 is 11.6 Å². The zero-order valence-electron chi connectivity index (χ0n) is 18.3. The minimum Gasteiger partial charge on any atom is -0.493 e. The number of rotatable bonds is 8. The van der Waals surface area contributed by atoms with Crippen molar-refractivity contribution in [3.63, 3.8) is 0 Å². The Morgan fingerprint density at radius 3 is 2.58 bits per heavy atom. The summed E-state index contributed by atoms with van der Waals surface area (Å²) < 4.78 is 37.3. The summed E-state index contributed by atoms with van der Waals surface area (Å²) in [4.78, 5) is 6.75. The van der Waals surface area contributed by atoms with Gasteiger partial charge in [-0.25, -0.2) is 13.8 Å². The van der Waals surface area contributed by atoms with Gasteiger partial charge in [0, 0.05) is 37.9 Å². The van der Waals surface area contributed by atoms with E-state index >= 15 is 0 Å². The highest BCUT2D eigenvalue weighted by molar-refractivity contribution is 5.79. The number of anilines is 1. The van der Waals surface area contributed by atoms with Gasteiger partial charge in [-0.05, 0) is 49.1 Å². The average Bonchev–Trinajstić information content (AvgIpc) is 3.26. The Labute approximate surface area is 182 Å². The fourth-order valence-corrected chi connectivity index (χ4v) is 3.65. The van der Waals surface area contributed by atoms with Gasteiger partial charge in [0.15, 0.2) is 29.1 Å². The van der Waals surface area contributed by atoms with Gasteiger partial charge in [-0.15, -0.1) is 0 Å². The fourth-order valence-electron chi connectivity index (χ4n) is 3.65. The number of methoxy groups -OCH3 is 2. The summed E-state index contributed by atoms with van der Waals surface area (Å²) in [5, 5.41) is 6.66. The maximum absolute atomic E-state index is 13.5. The Kier molecular flexibility index (Phi) is 7.92. The van der Waals surface area contributed by atoms with Crippen LogP contribution in [0.25, 0.3) is 0 Å². The van der Waals surface area contributed by atoms with Crippen molar-refractivity contribution in [1.82, 2.24) is 10.6 Å². The number of guanidine groups is 1. The van der Waals surface area contributed by atoms with Crippen LogP contribution in [0, 0.1) is 17.6 Å². The van der Waals surface area contributed by atoms with E-state index in [4.69, 9.17) is 9.47 Å². The van der Waals surface area contributed by atoms with E-state index in [0.29, 0.717) is 24.0 Å². The van der Waals surface area contributed by atoms with Crippen molar-refractivity contribution < 1.29 is 18.3 Å². The molecular formula is C23H30F2N4O2. The number of benzene rings is 2. The van der Waals surface area contributed by atoms with Crippen molar-refractivity contribution in [3.05, 3.63) is 53.6 Å². The summed E-state index contributed by atoms with van der Waals surface area (Å²) in [6, 6.07) is 9.83. The predicted octanol–water partition coefficient (Wildman–Crippen LogP) is 3.56. The van der Waals surface area contributed by atoms with Crippen LogP contribution in [0.15, 0.2) is 41.4 Å². The van der Waals surface area contributed by atoms with Crippen molar-refractivity contribution in [2.75, 3.05) is 45.3 Å². The van der Waals surface area contributed by atoms with E-state index in [1.807, 2.05) is 25.1 Å². The van der Waals surface area contributed by atoms with Gasteiger partial charge in [-0.1, -0.05) is 6.07 Å². The summed E-state index contributed by atoms with van der Waals surface area (Å²) in [7, 11) is 3.22. The first kappa shape index (κ1) is 22.7. The molecule has 0 saturated carbocycles. The number of nitrogens with zero attached hydrogens (tertiary/aromatic N) is 2. The summed E-state index contributed by atoms with van der Waals surface area (Å²) in [6.07, 6.45) is 0.973. The molecule has 168 valence electrons. The monoisotopic (exact) mass is 432 g/mol. The van der Waals surface area contributed by atoms with E-state index in [1.54, 1.807) is 20.3 Å². The third-order valence-electron chi connectivity index (χ3n) is 5.32. The lowest BCUT2D eigenvalue weighted by Crippen LogP contribution is -2.40. The normalized spacial score (nSPS) is 16.4. The zero-order chi connectivity index (χ0) is 22.2. The lowest BCUT2D eigenvalue weighted by molar-refractivity contribution is 0.354. The summed E-state index contributed by atoms with van der Waals surface area (Å²) in [6.45, 7) is 5.63. The molecule has 1 heterocycles. The van der Waals surface area contributed by atoms with Crippen molar-refractivity contribution in [2.45, 2.75) is 19.9 Å². The molecular weight excluding hydrogens is 402 g/mol. The molecule has 2 aromatic carbocycles. The molecule has 2 N–H and O–H groups in total. The van der Waals surface area contributed by atoms with Crippen LogP contribution in [0.5, 0.6) is 11.5 Å². The van der Waals surface area contributed by atoms with Crippen LogP contribution in [-0.2, 0) is 6.54 Å². The van der Waals surface area contributed by atoms with Crippen LogP contribution in [-0.4, -0.2) is 46.4 Å². The molecule has 1 fully saturated rings. The third-order valence-corrected chi connectivity index (χ3v) is 5.32. The van der Waals surface area contributed by atoms with Crippen LogP contribution in [0.1, 0.15) is 18.9 Å². The summed E-state index contributed by atoms with van der Waals surface area (Å²) >= 11 is 0. The predicted molar refractivity (Wildman–Crippen MR) is 119 cm³/mol. The van der Waals surface area contributed by atoms with E-state index in [1.165, 1.54) is 12.1 Å². The minimum atomic E-state index is -0.817. The van der Waals surface area contributed by atoms with Gasteiger partial charge >= 0.3 is 0 Å². The smallest absolute Gasteiger partial charge is 0.191 e. The molecule has 0 amide bonds. The first-order valence-corrected chi connectivity index (χ1v) is 10.5. The topological polar surface area (TPSA) is 58.1 Å². The molecule has 1 unspecified atom stereocenters. The van der Waals surface area contributed by atoms with E-state index in [0.717, 1.165) is 49.8 Å². The second-order valence-electron chi connectivity index (χ2n) is 7.46. The van der Waals surface area contributed by atoms with Gasteiger partial charge in [0.05, 0.1) is 20.8 Å². The molecule has 0 bridgehead atoms. The molecule has 6 nitrogen and oxygen atoms in total. The number of nitrogens with one attached hydrogen (secondary N) is 2. The molecule has 3 rings (SSSR count). The quantitative estimate of drug-likeness (QED) is 0.494. The Hall–Kier alpha value is -3.03. The van der Waals surface area contributed by atoms with E-state index in [9.17, 15) is 8.78 Å². The second kappa shape index (κ2) is 10.8. The number of aliphatic imine (C=N–C) groups is 1. The van der Waals surface area contributed by atoms with Crippen LogP contribution in [0.4, 0.5) is 14.5 Å². The molecule has 0 aromatic heterocycles. The number of hydrogen-bond donors (Lipinski definition) is 2. The standard InChI is InChI=1S/C23H30F2N4O2/c1-4-26-23(27-13-16-5-8-21(30-2)22(11-16)31-3)28-14-17-9-10-29(15-17)18-6-7-19(24)20(25)12-18/h5-8,11-12,17H,4,9-10,13-15H2,1-3H3,(H2,26,27,28). The first-order chi connectivity index (χ1) is 15.0. The highest BCUT2D eigenvalue weighted by Crippen LogP contribution is 2.28. The molecule has 1 atom stereocenters. The summed E-state index contributed by atoms with van der Waals surface area (Å²) in [5.41, 5.74) is 1.73. The molecule has 1 aliphatic heterocycles. The first-order valence-electron chi connectivity index (χ1n) is 10.5. The SMILES string of the molecule is CCNC(=NCc1ccc(OC)c(OC)c1)NCC1CCN(c2ccc(F)c(F)c2)C1. The van der Waals surface area contributed by atoms with Crippen LogP contribution in [0.3, 0.4) is 0 Å². The molecule has 1 saturated heterocycles. The third kappa shape index (κ3) is 5.99. The van der Waals surface area contributed by atoms with Gasteiger partial charge < -0.3 is 25.0 Å². The van der Waals surface area contributed by atoms with E-state index in [2.05, 4.69) is 20.5 Å². The maximum Gasteiger partial charge on any atom is 0.191 e. The Morgan fingerprint density at radius 1 is 1.06 bits per heavy atom. The van der Waals surface area contributed by atoms with E-state index in [-0.39, 0.29) is 0 Å². The highest BCUT2D eigenvalue weighted by atomic mass is 19.2. The Morgan fingerprint density at radius 2 is 1.87 bits per heavy atom. The number of hydrogen-bond acceptors (Lipinski definition) is 4. The zero-order valence-corrected chi connectivity index (χ0v) is 18.3. The molecule has 31 heavy (non-hydrogen) atoms. The number of ether oxygens (including phenoxy) is 2. The van der Waals surface area contributed by atoms with Gasteiger partial charge in [0.25, 0.3) is 0 Å².